The SMILES string of the molecule is CC(=O)N(CCc1ccccc1F)CC(=O)NCc1ccccn1. The van der Waals surface area contributed by atoms with Crippen molar-refractivity contribution in [2.45, 2.75) is 19.9 Å². The lowest BCUT2D eigenvalue weighted by Gasteiger charge is -2.20. The van der Waals surface area contributed by atoms with Crippen molar-refractivity contribution in [1.29, 1.82) is 0 Å². The minimum absolute atomic E-state index is 0.0589. The van der Waals surface area contributed by atoms with Crippen molar-refractivity contribution in [3.05, 3.63) is 65.7 Å². The monoisotopic (exact) mass is 329 g/mol. The number of carbonyl (C=O) groups excluding carboxylic acids is 2. The van der Waals surface area contributed by atoms with Gasteiger partial charge in [-0.25, -0.2) is 4.39 Å². The zero-order chi connectivity index (χ0) is 17.4. The highest BCUT2D eigenvalue weighted by molar-refractivity contribution is 5.83. The Morgan fingerprint density at radius 2 is 1.92 bits per heavy atom. The summed E-state index contributed by atoms with van der Waals surface area (Å²) in [4.78, 5) is 29.2. The molecule has 0 atom stereocenters. The highest BCUT2D eigenvalue weighted by Crippen LogP contribution is 2.08. The van der Waals surface area contributed by atoms with E-state index in [1.54, 1.807) is 36.5 Å². The molecule has 1 heterocycles. The maximum Gasteiger partial charge on any atom is 0.239 e. The summed E-state index contributed by atoms with van der Waals surface area (Å²) in [5.74, 6) is -0.802. The summed E-state index contributed by atoms with van der Waals surface area (Å²) in [6.07, 6.45) is 2.01. The maximum atomic E-state index is 13.6. The van der Waals surface area contributed by atoms with Crippen LogP contribution in [-0.2, 0) is 22.6 Å². The van der Waals surface area contributed by atoms with Gasteiger partial charge in [0.15, 0.2) is 0 Å². The molecular weight excluding hydrogens is 309 g/mol. The number of halogens is 1. The third kappa shape index (κ3) is 5.46. The standard InChI is InChI=1S/C18H20FN3O2/c1-14(23)22(11-9-15-6-2-3-8-17(15)19)13-18(24)21-12-16-7-4-5-10-20-16/h2-8,10H,9,11-13H2,1H3,(H,21,24). The Bertz CT molecular complexity index is 692. The van der Waals surface area contributed by atoms with Gasteiger partial charge in [-0.1, -0.05) is 24.3 Å². The third-order valence-corrected chi connectivity index (χ3v) is 3.58. The lowest BCUT2D eigenvalue weighted by Crippen LogP contribution is -2.40. The van der Waals surface area contributed by atoms with E-state index >= 15 is 0 Å². The van der Waals surface area contributed by atoms with Crippen LogP contribution >= 0.6 is 0 Å². The molecule has 0 aliphatic rings. The van der Waals surface area contributed by atoms with E-state index in [0.29, 0.717) is 18.5 Å². The molecule has 0 bridgehead atoms. The topological polar surface area (TPSA) is 62.3 Å². The first-order chi connectivity index (χ1) is 11.6. The Hall–Kier alpha value is -2.76. The third-order valence-electron chi connectivity index (χ3n) is 3.58. The molecule has 126 valence electrons. The van der Waals surface area contributed by atoms with E-state index in [1.165, 1.54) is 17.9 Å². The van der Waals surface area contributed by atoms with Crippen LogP contribution in [0.5, 0.6) is 0 Å². The van der Waals surface area contributed by atoms with Gasteiger partial charge in [-0.05, 0) is 30.2 Å². The van der Waals surface area contributed by atoms with Crippen molar-refractivity contribution in [1.82, 2.24) is 15.2 Å². The lowest BCUT2D eigenvalue weighted by molar-refractivity contribution is -0.134. The van der Waals surface area contributed by atoms with E-state index < -0.39 is 0 Å². The second-order valence-corrected chi connectivity index (χ2v) is 5.38. The van der Waals surface area contributed by atoms with Gasteiger partial charge in [-0.2, -0.15) is 0 Å². The van der Waals surface area contributed by atoms with Crippen molar-refractivity contribution >= 4 is 11.8 Å². The molecule has 2 amide bonds. The van der Waals surface area contributed by atoms with Gasteiger partial charge in [0.05, 0.1) is 18.8 Å². The van der Waals surface area contributed by atoms with Crippen LogP contribution in [0.3, 0.4) is 0 Å². The van der Waals surface area contributed by atoms with E-state index in [2.05, 4.69) is 10.3 Å². The molecule has 2 aromatic rings. The number of rotatable bonds is 7. The van der Waals surface area contributed by atoms with E-state index in [9.17, 15) is 14.0 Å². The fourth-order valence-electron chi connectivity index (χ4n) is 2.23. The molecule has 0 spiro atoms. The van der Waals surface area contributed by atoms with E-state index in [1.807, 2.05) is 6.07 Å². The van der Waals surface area contributed by atoms with Crippen molar-refractivity contribution in [3.8, 4) is 0 Å². The molecule has 0 saturated heterocycles. The number of benzene rings is 1. The predicted octanol–water partition coefficient (Wildman–Crippen LogP) is 1.93. The maximum absolute atomic E-state index is 13.6. The van der Waals surface area contributed by atoms with E-state index in [-0.39, 0.29) is 30.7 Å². The fourth-order valence-corrected chi connectivity index (χ4v) is 2.23. The molecule has 24 heavy (non-hydrogen) atoms. The summed E-state index contributed by atoms with van der Waals surface area (Å²) in [5, 5.41) is 2.72. The van der Waals surface area contributed by atoms with Crippen LogP contribution in [0.2, 0.25) is 0 Å². The molecule has 1 aromatic heterocycles. The summed E-state index contributed by atoms with van der Waals surface area (Å²) >= 11 is 0. The highest BCUT2D eigenvalue weighted by Gasteiger charge is 2.14. The number of hydrogen-bond acceptors (Lipinski definition) is 3. The first-order valence-corrected chi connectivity index (χ1v) is 7.72. The normalized spacial score (nSPS) is 10.2. The van der Waals surface area contributed by atoms with Gasteiger partial charge in [0.2, 0.25) is 11.8 Å². The van der Waals surface area contributed by atoms with Crippen LogP contribution in [0.1, 0.15) is 18.2 Å². The van der Waals surface area contributed by atoms with Crippen LogP contribution in [0.4, 0.5) is 4.39 Å². The first-order valence-electron chi connectivity index (χ1n) is 7.72. The smallest absolute Gasteiger partial charge is 0.239 e. The minimum Gasteiger partial charge on any atom is -0.349 e. The Balaban J connectivity index is 1.85. The van der Waals surface area contributed by atoms with Crippen LogP contribution in [-0.4, -0.2) is 34.8 Å². The molecule has 0 aliphatic carbocycles. The molecule has 6 heteroatoms. The lowest BCUT2D eigenvalue weighted by atomic mass is 10.1. The van der Waals surface area contributed by atoms with Crippen LogP contribution in [0, 0.1) is 5.82 Å². The summed E-state index contributed by atoms with van der Waals surface area (Å²) in [6.45, 7) is 1.93. The van der Waals surface area contributed by atoms with Gasteiger partial charge in [0.1, 0.15) is 5.82 Å². The van der Waals surface area contributed by atoms with E-state index in [4.69, 9.17) is 0 Å². The van der Waals surface area contributed by atoms with Gasteiger partial charge in [0, 0.05) is 19.7 Å². The summed E-state index contributed by atoms with van der Waals surface area (Å²) in [7, 11) is 0. The Morgan fingerprint density at radius 1 is 1.17 bits per heavy atom. The second kappa shape index (κ2) is 8.76. The van der Waals surface area contributed by atoms with Gasteiger partial charge in [-0.3, -0.25) is 14.6 Å². The fraction of sp³-hybridized carbons (Fsp3) is 0.278. The first kappa shape index (κ1) is 17.6. The molecule has 2 rings (SSSR count). The summed E-state index contributed by atoms with van der Waals surface area (Å²) in [6, 6.07) is 11.9. The van der Waals surface area contributed by atoms with Crippen LogP contribution in [0.15, 0.2) is 48.7 Å². The molecule has 0 radical (unpaired) electrons. The average molecular weight is 329 g/mol. The van der Waals surface area contributed by atoms with Crippen molar-refractivity contribution in [2.75, 3.05) is 13.1 Å². The van der Waals surface area contributed by atoms with Gasteiger partial charge >= 0.3 is 0 Å². The molecule has 0 aliphatic heterocycles. The molecule has 0 unspecified atom stereocenters. The molecule has 1 aromatic carbocycles. The van der Waals surface area contributed by atoms with Crippen molar-refractivity contribution < 1.29 is 14.0 Å². The Labute approximate surface area is 140 Å². The number of hydrogen-bond donors (Lipinski definition) is 1. The number of pyridine rings is 1. The van der Waals surface area contributed by atoms with Crippen molar-refractivity contribution in [2.24, 2.45) is 0 Å². The number of nitrogens with zero attached hydrogens (tertiary/aromatic N) is 2. The average Bonchev–Trinajstić information content (AvgIpc) is 2.58. The van der Waals surface area contributed by atoms with Gasteiger partial charge in [0.25, 0.3) is 0 Å². The zero-order valence-corrected chi connectivity index (χ0v) is 13.5. The largest absolute Gasteiger partial charge is 0.349 e. The van der Waals surface area contributed by atoms with Gasteiger partial charge < -0.3 is 10.2 Å². The quantitative estimate of drug-likeness (QED) is 0.844. The molecule has 1 N–H and O–H groups in total. The Kier molecular flexibility index (Phi) is 6.42. The summed E-state index contributed by atoms with van der Waals surface area (Å²) in [5.41, 5.74) is 1.27. The van der Waals surface area contributed by atoms with Gasteiger partial charge in [-0.15, -0.1) is 0 Å². The van der Waals surface area contributed by atoms with Crippen molar-refractivity contribution in [3.63, 3.8) is 0 Å². The number of aromatic nitrogens is 1. The predicted molar refractivity (Wildman–Crippen MR) is 88.4 cm³/mol. The molecule has 5 nitrogen and oxygen atoms in total. The summed E-state index contributed by atoms with van der Waals surface area (Å²) < 4.78 is 13.6. The molecular formula is C18H20FN3O2. The Morgan fingerprint density at radius 3 is 2.58 bits per heavy atom. The molecule has 0 saturated carbocycles. The van der Waals surface area contributed by atoms with E-state index in [0.717, 1.165) is 5.69 Å². The number of amides is 2. The highest BCUT2D eigenvalue weighted by atomic mass is 19.1. The molecule has 0 fully saturated rings. The number of nitrogens with one attached hydrogen (secondary N) is 1. The van der Waals surface area contributed by atoms with Crippen LogP contribution in [0.25, 0.3) is 0 Å². The minimum atomic E-state index is -0.305. The van der Waals surface area contributed by atoms with Crippen LogP contribution < -0.4 is 5.32 Å². The zero-order valence-electron chi connectivity index (χ0n) is 13.5. The second-order valence-electron chi connectivity index (χ2n) is 5.38. The number of carbonyl (C=O) groups is 2.